The fourth-order valence-corrected chi connectivity index (χ4v) is 2.39. The fourth-order valence-electron chi connectivity index (χ4n) is 1.70. The van der Waals surface area contributed by atoms with Gasteiger partial charge in [0.05, 0.1) is 12.0 Å². The van der Waals surface area contributed by atoms with E-state index in [0.29, 0.717) is 5.57 Å². The molecule has 1 atom stereocenters. The molecule has 1 aromatic carbocycles. The summed E-state index contributed by atoms with van der Waals surface area (Å²) in [5.41, 5.74) is 1.75. The van der Waals surface area contributed by atoms with E-state index < -0.39 is 0 Å². The first-order valence-corrected chi connectivity index (χ1v) is 6.01. The summed E-state index contributed by atoms with van der Waals surface area (Å²) in [6, 6.07) is 12.1. The minimum absolute atomic E-state index is 0.0967. The molecule has 3 heteroatoms. The van der Waals surface area contributed by atoms with Gasteiger partial charge in [-0.05, 0) is 33.6 Å². The Bertz CT molecular complexity index is 523. The zero-order chi connectivity index (χ0) is 11.5. The van der Waals surface area contributed by atoms with Crippen LogP contribution in [0.15, 0.2) is 52.5 Å². The minimum Gasteiger partial charge on any atom is -0.193 e. The number of allylic oxidation sites excluding steroid dienone is 4. The van der Waals surface area contributed by atoms with Gasteiger partial charge < -0.3 is 0 Å². The molecule has 0 radical (unpaired) electrons. The molecular weight excluding hydrogens is 282 g/mol. The van der Waals surface area contributed by atoms with Gasteiger partial charge >= 0.3 is 0 Å². The van der Waals surface area contributed by atoms with Crippen molar-refractivity contribution in [3.63, 3.8) is 0 Å². The van der Waals surface area contributed by atoms with Crippen molar-refractivity contribution in [2.24, 2.45) is 0 Å². The average Bonchev–Trinajstić information content (AvgIpc) is 2.33. The molecule has 78 valence electrons. The molecule has 2 rings (SSSR count). The van der Waals surface area contributed by atoms with Gasteiger partial charge in [-0.25, -0.2) is 0 Å². The lowest BCUT2D eigenvalue weighted by molar-refractivity contribution is 1.10. The van der Waals surface area contributed by atoms with Crippen molar-refractivity contribution in [2.75, 3.05) is 0 Å². The molecular formula is C13H8BrNS. The highest BCUT2D eigenvalue weighted by atomic mass is 79.9. The largest absolute Gasteiger partial charge is 0.193 e. The number of thiocarbonyl (C=S) groups is 1. The van der Waals surface area contributed by atoms with E-state index in [1.165, 1.54) is 0 Å². The third kappa shape index (κ3) is 1.99. The Morgan fingerprint density at radius 2 is 1.88 bits per heavy atom. The van der Waals surface area contributed by atoms with Crippen molar-refractivity contribution in [3.8, 4) is 6.07 Å². The van der Waals surface area contributed by atoms with Crippen LogP contribution in [0.5, 0.6) is 0 Å². The van der Waals surface area contributed by atoms with Gasteiger partial charge in [0.25, 0.3) is 0 Å². The molecule has 16 heavy (non-hydrogen) atoms. The third-order valence-corrected chi connectivity index (χ3v) is 3.89. The molecule has 0 bridgehead atoms. The van der Waals surface area contributed by atoms with Gasteiger partial charge in [-0.2, -0.15) is 5.26 Å². The number of halogens is 1. The molecule has 1 aliphatic rings. The maximum Gasteiger partial charge on any atom is 0.0957 e. The Morgan fingerprint density at radius 1 is 1.19 bits per heavy atom. The normalized spacial score (nSPS) is 19.8. The Morgan fingerprint density at radius 3 is 2.50 bits per heavy atom. The van der Waals surface area contributed by atoms with Crippen LogP contribution in [0.2, 0.25) is 0 Å². The van der Waals surface area contributed by atoms with Crippen LogP contribution in [0.25, 0.3) is 0 Å². The van der Waals surface area contributed by atoms with Crippen molar-refractivity contribution >= 4 is 33.0 Å². The summed E-state index contributed by atoms with van der Waals surface area (Å²) in [5.74, 6) is -0.0967. The van der Waals surface area contributed by atoms with Gasteiger partial charge in [0.15, 0.2) is 0 Å². The van der Waals surface area contributed by atoms with E-state index in [1.807, 2.05) is 42.5 Å². The lowest BCUT2D eigenvalue weighted by Crippen LogP contribution is -2.15. The molecule has 1 unspecified atom stereocenters. The number of hydrogen-bond acceptors (Lipinski definition) is 2. The van der Waals surface area contributed by atoms with Crippen LogP contribution in [-0.2, 0) is 0 Å². The highest BCUT2D eigenvalue weighted by Gasteiger charge is 2.25. The van der Waals surface area contributed by atoms with Crippen LogP contribution in [-0.4, -0.2) is 4.86 Å². The standard InChI is InChI=1S/C13H8BrNS/c14-11-7-6-10(8-15)12(13(11)16)9-4-2-1-3-5-9/h1-7,12H. The number of rotatable bonds is 1. The maximum atomic E-state index is 9.10. The summed E-state index contributed by atoms with van der Waals surface area (Å²) >= 11 is 8.78. The first kappa shape index (κ1) is 11.3. The predicted molar refractivity (Wildman–Crippen MR) is 72.5 cm³/mol. The van der Waals surface area contributed by atoms with Crippen molar-refractivity contribution in [1.82, 2.24) is 0 Å². The molecule has 1 aliphatic carbocycles. The monoisotopic (exact) mass is 289 g/mol. The summed E-state index contributed by atoms with van der Waals surface area (Å²) in [5, 5.41) is 9.10. The van der Waals surface area contributed by atoms with E-state index in [1.54, 1.807) is 0 Å². The minimum atomic E-state index is -0.0967. The molecule has 0 heterocycles. The topological polar surface area (TPSA) is 23.8 Å². The molecule has 1 aromatic rings. The Balaban J connectivity index is 2.49. The van der Waals surface area contributed by atoms with Gasteiger partial charge in [-0.1, -0.05) is 42.5 Å². The second-order valence-electron chi connectivity index (χ2n) is 3.46. The molecule has 0 saturated heterocycles. The van der Waals surface area contributed by atoms with Crippen LogP contribution in [0.4, 0.5) is 0 Å². The van der Waals surface area contributed by atoms with Crippen molar-refractivity contribution in [2.45, 2.75) is 5.92 Å². The molecule has 0 N–H and O–H groups in total. The van der Waals surface area contributed by atoms with Crippen molar-refractivity contribution in [1.29, 1.82) is 5.26 Å². The zero-order valence-electron chi connectivity index (χ0n) is 8.35. The summed E-state index contributed by atoms with van der Waals surface area (Å²) in [7, 11) is 0. The molecule has 0 fully saturated rings. The first-order chi connectivity index (χ1) is 7.74. The maximum absolute atomic E-state index is 9.10. The van der Waals surface area contributed by atoms with Gasteiger partial charge in [-0.3, -0.25) is 0 Å². The van der Waals surface area contributed by atoms with E-state index in [2.05, 4.69) is 22.0 Å². The SMILES string of the molecule is N#CC1=CC=C(Br)C(=S)C1c1ccccc1. The van der Waals surface area contributed by atoms with Crippen molar-refractivity contribution < 1.29 is 0 Å². The van der Waals surface area contributed by atoms with Crippen LogP contribution in [0.1, 0.15) is 11.5 Å². The van der Waals surface area contributed by atoms with Crippen LogP contribution in [0.3, 0.4) is 0 Å². The molecule has 0 saturated carbocycles. The average molecular weight is 290 g/mol. The van der Waals surface area contributed by atoms with Gasteiger partial charge in [0, 0.05) is 14.9 Å². The fraction of sp³-hybridized carbons (Fsp3) is 0.0769. The second kappa shape index (κ2) is 4.73. The van der Waals surface area contributed by atoms with E-state index in [0.717, 1.165) is 14.9 Å². The smallest absolute Gasteiger partial charge is 0.0957 e. The second-order valence-corrected chi connectivity index (χ2v) is 4.75. The molecule has 0 amide bonds. The van der Waals surface area contributed by atoms with E-state index in [4.69, 9.17) is 17.5 Å². The van der Waals surface area contributed by atoms with Gasteiger partial charge in [0.2, 0.25) is 0 Å². The molecule has 1 nitrogen and oxygen atoms in total. The third-order valence-electron chi connectivity index (χ3n) is 2.48. The molecule has 0 aliphatic heterocycles. The zero-order valence-corrected chi connectivity index (χ0v) is 10.8. The molecule has 0 aromatic heterocycles. The summed E-state index contributed by atoms with van der Waals surface area (Å²) in [4.78, 5) is 0.769. The highest BCUT2D eigenvalue weighted by Crippen LogP contribution is 2.34. The lowest BCUT2D eigenvalue weighted by atomic mass is 9.86. The Hall–Kier alpha value is -1.24. The Labute approximate surface area is 108 Å². The van der Waals surface area contributed by atoms with Crippen LogP contribution >= 0.6 is 28.1 Å². The highest BCUT2D eigenvalue weighted by molar-refractivity contribution is 9.12. The van der Waals surface area contributed by atoms with Crippen molar-refractivity contribution in [3.05, 3.63) is 58.1 Å². The first-order valence-electron chi connectivity index (χ1n) is 4.80. The number of hydrogen-bond donors (Lipinski definition) is 0. The van der Waals surface area contributed by atoms with E-state index in [-0.39, 0.29) is 5.92 Å². The molecule has 0 spiro atoms. The van der Waals surface area contributed by atoms with Crippen LogP contribution < -0.4 is 0 Å². The quantitative estimate of drug-likeness (QED) is 0.733. The van der Waals surface area contributed by atoms with Gasteiger partial charge in [0.1, 0.15) is 0 Å². The number of nitriles is 1. The summed E-state index contributed by atoms with van der Waals surface area (Å²) < 4.78 is 0.885. The number of benzene rings is 1. The Kier molecular flexibility index (Phi) is 3.33. The number of nitrogens with zero attached hydrogens (tertiary/aromatic N) is 1. The van der Waals surface area contributed by atoms with E-state index >= 15 is 0 Å². The van der Waals surface area contributed by atoms with Crippen LogP contribution in [0, 0.1) is 11.3 Å². The lowest BCUT2D eigenvalue weighted by Gasteiger charge is -2.20. The van der Waals surface area contributed by atoms with E-state index in [9.17, 15) is 0 Å². The summed E-state index contributed by atoms with van der Waals surface area (Å²) in [6.07, 6.45) is 3.65. The predicted octanol–water partition coefficient (Wildman–Crippen LogP) is 3.88. The van der Waals surface area contributed by atoms with Gasteiger partial charge in [-0.15, -0.1) is 0 Å². The summed E-state index contributed by atoms with van der Waals surface area (Å²) in [6.45, 7) is 0.